The number of quaternary nitrogens is 1. The second-order valence-corrected chi connectivity index (χ2v) is 28.3. The molecule has 340 valence electrons. The Balaban J connectivity index is 0.00000174. The lowest BCUT2D eigenvalue weighted by atomic mass is 9.49. The number of hydrogen-bond acceptors (Lipinski definition) is 3. The topological polar surface area (TPSA) is 44.5 Å². The van der Waals surface area contributed by atoms with Crippen LogP contribution < -0.4 is 23.4 Å². The monoisotopic (exact) mass is 986 g/mol. The number of nitrogens with two attached hydrogens (primary N) is 1. The highest BCUT2D eigenvalue weighted by molar-refractivity contribution is 6.70. The fraction of sp³-hybridized carbons (Fsp3) is 0.246. The fourth-order valence-electron chi connectivity index (χ4n) is 28.1. The van der Waals surface area contributed by atoms with Gasteiger partial charge in [0.1, 0.15) is 6.54 Å². The Hall–Kier alpha value is -6.34. The number of rotatable bonds is 8. The number of hydrogen-bond donors (Lipinski definition) is 1. The van der Waals surface area contributed by atoms with Crippen molar-refractivity contribution < 1.29 is 26.4 Å². The molecule has 1 aliphatic heterocycles. The second-order valence-electron chi connectivity index (χ2n) is 28.3. The van der Waals surface area contributed by atoms with Crippen molar-refractivity contribution in [1.82, 2.24) is 0 Å². The smallest absolute Gasteiger partial charge is 0.102 e. The molecule has 17 aromatic carbocycles. The first-order chi connectivity index (χ1) is 36.2. The van der Waals surface area contributed by atoms with Gasteiger partial charge in [-0.1, -0.05) is 0 Å². The number of nitrogens with zero attached hydrogens (tertiary/aromatic N) is 1. The average Bonchev–Trinajstić information content (AvgIpc) is 4.39. The molecular formula is C69H28Cl2N2O2. The van der Waals surface area contributed by atoms with E-state index in [0.29, 0.717) is 61.9 Å². The quantitative estimate of drug-likeness (QED) is 0.0938. The Kier molecular flexibility index (Phi) is 3.45. The minimum Gasteiger partial charge on any atom is -1.00 e. The molecule has 0 amide bonds. The summed E-state index contributed by atoms with van der Waals surface area (Å²) < 4.78 is 13.6. The number of ether oxygens (including phenoxy) is 2. The minimum absolute atomic E-state index is 0. The molecule has 9 atom stereocenters. The zero-order valence-electron chi connectivity index (χ0n) is 39.7. The third-order valence-corrected chi connectivity index (χ3v) is 27.8. The normalized spacial score (nSPS) is 31.0. The van der Waals surface area contributed by atoms with Crippen LogP contribution >= 0.6 is 12.4 Å². The summed E-state index contributed by atoms with van der Waals surface area (Å²) in [5.74, 6) is 2.59. The average molecular weight is 988 g/mol. The second kappa shape index (κ2) is 7.85. The van der Waals surface area contributed by atoms with Crippen LogP contribution in [-0.2, 0) is 20.3 Å². The van der Waals surface area contributed by atoms with E-state index in [0.717, 1.165) is 24.2 Å². The van der Waals surface area contributed by atoms with Crippen molar-refractivity contribution in [2.24, 2.45) is 5.73 Å². The van der Waals surface area contributed by atoms with Gasteiger partial charge >= 0.3 is 0 Å². The molecule has 1 saturated heterocycles. The fourth-order valence-corrected chi connectivity index (χ4v) is 28.1. The molecule has 17 aromatic rings. The molecule has 75 heavy (non-hydrogen) atoms. The standard InChI is InChI=1S/C69H27N2O2.2ClH/c1-71(3-5-73-7-6-72-4-2-70)8-68-64-56-48-38-28-20-12-10-11-14-18-16(12)24-32-26(18)36-30-22(14)23-15(11)19-17-13(10)21(20)29-35-25(17)33-27(19)37-31(23)41-40(30)50-44(36)54-46(32)52(42(48)34(24)28)60(64)62(54)66-58(50)59-51(41)45(37)55-47(33)53-43(35)49(39(29)38)57(56)65(68)61(53)63(55)67(59)69(66,68)9-71;;/h12,16,25,35,48,56H,2-9,70H2,1H3;2*1H/q+1;;/p-1. The van der Waals surface area contributed by atoms with Crippen LogP contribution in [0.4, 0.5) is 0 Å². The van der Waals surface area contributed by atoms with Crippen molar-refractivity contribution in [3.8, 4) is 33.4 Å². The van der Waals surface area contributed by atoms with Crippen LogP contribution in [0.25, 0.3) is 201 Å². The van der Waals surface area contributed by atoms with Gasteiger partial charge in [-0.05, 0) is 284 Å². The first-order valence-electron chi connectivity index (χ1n) is 28.4. The van der Waals surface area contributed by atoms with Gasteiger partial charge < -0.3 is 32.1 Å². The van der Waals surface area contributed by atoms with Crippen molar-refractivity contribution in [2.45, 2.75) is 46.3 Å². The van der Waals surface area contributed by atoms with Crippen molar-refractivity contribution in [3.63, 3.8) is 0 Å². The van der Waals surface area contributed by atoms with Crippen molar-refractivity contribution >= 4 is 180 Å². The number of likely N-dealkylation sites (N-methyl/N-ethyl adjacent to an activating group) is 1. The molecule has 0 aromatic heterocycles. The van der Waals surface area contributed by atoms with E-state index in [1.807, 2.05) is 94.6 Å². The summed E-state index contributed by atoms with van der Waals surface area (Å²) >= 11 is 0. The first kappa shape index (κ1) is 33.0. The number of benzene rings is 12. The summed E-state index contributed by atoms with van der Waals surface area (Å²) in [6, 6.07) is 0. The van der Waals surface area contributed by atoms with E-state index < -0.39 is 0 Å². The first-order valence-corrected chi connectivity index (χ1v) is 28.4. The predicted octanol–water partition coefficient (Wildman–Crippen LogP) is 9.97. The predicted molar refractivity (Wildman–Crippen MR) is 296 cm³/mol. The molecule has 1 fully saturated rings. The van der Waals surface area contributed by atoms with Crippen LogP contribution in [0.2, 0.25) is 0 Å². The minimum atomic E-state index is -0.140. The molecule has 15 aliphatic carbocycles. The van der Waals surface area contributed by atoms with E-state index in [9.17, 15) is 0 Å². The molecule has 1 heterocycles. The molecule has 4 nitrogen and oxygen atoms in total. The Morgan fingerprint density at radius 2 is 0.707 bits per heavy atom. The number of halogens is 2. The van der Waals surface area contributed by atoms with Gasteiger partial charge in [-0.25, -0.2) is 0 Å². The van der Waals surface area contributed by atoms with Crippen molar-refractivity contribution in [2.75, 3.05) is 59.7 Å². The van der Waals surface area contributed by atoms with Gasteiger partial charge in [0.25, 0.3) is 0 Å². The number of likely N-dealkylation sites (tertiary alicyclic amines) is 1. The van der Waals surface area contributed by atoms with Crippen molar-refractivity contribution in [1.29, 1.82) is 0 Å². The summed E-state index contributed by atoms with van der Waals surface area (Å²) in [5.41, 5.74) is 44.2. The highest BCUT2D eigenvalue weighted by atomic mass is 35.5. The lowest BCUT2D eigenvalue weighted by Crippen LogP contribution is -3.00. The SMILES string of the molecule is C[N+]1(CCOCCOCCN)CC23C4=c5c6c7c8c9c%10c%11c%12c%13c%14c%15c%16c%17c%18c%19c%20c%21c%22c%23c%24c(c2c%22c2c%22c%25c%26c(c5c(c6%10)c5c%11c6c%13c(c%14%18)c%10c%19c(c%212)c%25c%10c6c%265)C%223C1)C4C7c1c-%24c(c-%16c(c1-8)C%15C9%12)C%23C%17%20.Cl.[Cl-]. The van der Waals surface area contributed by atoms with Gasteiger partial charge in [-0.2, -0.15) is 0 Å². The van der Waals surface area contributed by atoms with E-state index >= 15 is 0 Å². The molecular weight excluding hydrogens is 960 g/mol. The van der Waals surface area contributed by atoms with Crippen LogP contribution in [0.15, 0.2) is 0 Å². The van der Waals surface area contributed by atoms with E-state index in [-0.39, 0.29) is 35.6 Å². The third kappa shape index (κ3) is 1.93. The Morgan fingerprint density at radius 3 is 1.27 bits per heavy atom. The Bertz CT molecular complexity index is 6500. The zero-order valence-corrected chi connectivity index (χ0v) is 41.3. The summed E-state index contributed by atoms with van der Waals surface area (Å²) in [7, 11) is 2.71. The van der Waals surface area contributed by atoms with Gasteiger partial charge in [0.2, 0.25) is 0 Å². The Morgan fingerprint density at radius 1 is 0.360 bits per heavy atom. The largest absolute Gasteiger partial charge is 1.00 e. The summed E-state index contributed by atoms with van der Waals surface area (Å²) in [6.45, 7) is 6.56. The molecule has 0 radical (unpaired) electrons. The van der Waals surface area contributed by atoms with Gasteiger partial charge in [0.05, 0.1) is 57.4 Å². The molecule has 0 saturated carbocycles. The van der Waals surface area contributed by atoms with E-state index in [1.54, 1.807) is 189 Å². The maximum atomic E-state index is 6.66. The van der Waals surface area contributed by atoms with Crippen LogP contribution in [0.5, 0.6) is 0 Å². The maximum Gasteiger partial charge on any atom is 0.102 e. The molecule has 33 rings (SSSR count). The van der Waals surface area contributed by atoms with E-state index in [1.165, 1.54) is 6.54 Å². The summed E-state index contributed by atoms with van der Waals surface area (Å²) in [6.07, 6.45) is 0. The highest BCUT2D eigenvalue weighted by Crippen LogP contribution is 2.91. The lowest BCUT2D eigenvalue weighted by Gasteiger charge is -2.48. The van der Waals surface area contributed by atoms with Gasteiger partial charge in [0, 0.05) is 42.1 Å². The Labute approximate surface area is 431 Å². The molecule has 6 heteroatoms. The van der Waals surface area contributed by atoms with Crippen LogP contribution in [0, 0.1) is 0 Å². The van der Waals surface area contributed by atoms with Gasteiger partial charge in [-0.15, -0.1) is 12.4 Å². The molecule has 0 bridgehead atoms. The maximum absolute atomic E-state index is 6.66. The third-order valence-electron chi connectivity index (χ3n) is 27.8. The van der Waals surface area contributed by atoms with Crippen LogP contribution in [0.3, 0.4) is 0 Å². The molecule has 2 spiro atoms. The van der Waals surface area contributed by atoms with E-state index in [4.69, 9.17) is 15.2 Å². The summed E-state index contributed by atoms with van der Waals surface area (Å²) in [4.78, 5) is 0. The van der Waals surface area contributed by atoms with Crippen LogP contribution in [-0.4, -0.2) is 64.1 Å². The van der Waals surface area contributed by atoms with Crippen LogP contribution in [0.1, 0.15) is 113 Å². The zero-order chi connectivity index (χ0) is 44.1. The van der Waals surface area contributed by atoms with Gasteiger partial charge in [-0.3, -0.25) is 0 Å². The highest BCUT2D eigenvalue weighted by Gasteiger charge is 2.80. The summed E-state index contributed by atoms with van der Waals surface area (Å²) in [5, 5.41) is 54.1. The molecule has 9 unspecified atom stereocenters. The van der Waals surface area contributed by atoms with Crippen molar-refractivity contribution in [3.05, 3.63) is 83.1 Å². The van der Waals surface area contributed by atoms with E-state index in [2.05, 4.69) is 7.05 Å². The lowest BCUT2D eigenvalue weighted by molar-refractivity contribution is -0.900. The molecule has 16 aliphatic rings. The van der Waals surface area contributed by atoms with Gasteiger partial charge in [0.15, 0.2) is 0 Å². The molecule has 2 N–H and O–H groups in total.